The van der Waals surface area contributed by atoms with Gasteiger partial charge in [-0.1, -0.05) is 26.8 Å². The normalized spacial score (nSPS) is 11.6. The number of hydrogen-bond donors (Lipinski definition) is 1. The van der Waals surface area contributed by atoms with Crippen molar-refractivity contribution in [3.63, 3.8) is 0 Å². The number of aliphatic hydroxyl groups is 1. The van der Waals surface area contributed by atoms with Crippen molar-refractivity contribution in [1.29, 1.82) is 0 Å². The summed E-state index contributed by atoms with van der Waals surface area (Å²) in [4.78, 5) is 0. The number of aryl methyl sites for hydroxylation is 1. The average Bonchev–Trinajstić information content (AvgIpc) is 2.19. The van der Waals surface area contributed by atoms with E-state index >= 15 is 0 Å². The van der Waals surface area contributed by atoms with Crippen LogP contribution < -0.4 is 4.74 Å². The summed E-state index contributed by atoms with van der Waals surface area (Å²) >= 11 is 0. The molecule has 16 heavy (non-hydrogen) atoms. The van der Waals surface area contributed by atoms with E-state index < -0.39 is 0 Å². The first-order valence-electron chi connectivity index (χ1n) is 5.69. The van der Waals surface area contributed by atoms with Gasteiger partial charge in [0.2, 0.25) is 0 Å². The van der Waals surface area contributed by atoms with Crippen molar-refractivity contribution in [1.82, 2.24) is 0 Å². The van der Waals surface area contributed by atoms with Crippen LogP contribution in [0.2, 0.25) is 0 Å². The van der Waals surface area contributed by atoms with Gasteiger partial charge in [0.1, 0.15) is 5.75 Å². The zero-order valence-corrected chi connectivity index (χ0v) is 10.9. The topological polar surface area (TPSA) is 29.5 Å². The minimum atomic E-state index is 0.0588. The first-order chi connectivity index (χ1) is 7.40. The molecule has 0 unspecified atom stereocenters. The zero-order valence-electron chi connectivity index (χ0n) is 10.9. The van der Waals surface area contributed by atoms with Gasteiger partial charge < -0.3 is 9.84 Å². The fourth-order valence-corrected chi connectivity index (χ4v) is 1.87. The Morgan fingerprint density at radius 1 is 1.25 bits per heavy atom. The maximum absolute atomic E-state index is 9.03. The fourth-order valence-electron chi connectivity index (χ4n) is 1.87. The average molecular weight is 222 g/mol. The Labute approximate surface area is 98.3 Å². The van der Waals surface area contributed by atoms with E-state index in [1.165, 1.54) is 16.7 Å². The first-order valence-corrected chi connectivity index (χ1v) is 5.69. The van der Waals surface area contributed by atoms with Crippen LogP contribution in [-0.2, 0) is 11.8 Å². The van der Waals surface area contributed by atoms with Crippen LogP contribution in [0.5, 0.6) is 5.75 Å². The van der Waals surface area contributed by atoms with Crippen LogP contribution in [0.15, 0.2) is 12.1 Å². The molecule has 1 aromatic rings. The molecule has 90 valence electrons. The molecule has 0 saturated carbocycles. The van der Waals surface area contributed by atoms with Gasteiger partial charge in [-0.3, -0.25) is 0 Å². The van der Waals surface area contributed by atoms with Crippen molar-refractivity contribution in [2.45, 2.75) is 39.5 Å². The summed E-state index contributed by atoms with van der Waals surface area (Å²) in [5.74, 6) is 0.937. The lowest BCUT2D eigenvalue weighted by Crippen LogP contribution is -2.14. The van der Waals surface area contributed by atoms with Crippen LogP contribution in [0.25, 0.3) is 0 Å². The van der Waals surface area contributed by atoms with E-state index in [2.05, 4.69) is 39.8 Å². The molecule has 0 radical (unpaired) electrons. The molecule has 0 aromatic heterocycles. The highest BCUT2D eigenvalue weighted by Crippen LogP contribution is 2.33. The van der Waals surface area contributed by atoms with Gasteiger partial charge in [0, 0.05) is 6.61 Å². The number of aliphatic hydroxyl groups excluding tert-OH is 1. The molecule has 0 amide bonds. The Morgan fingerprint density at radius 3 is 2.31 bits per heavy atom. The minimum Gasteiger partial charge on any atom is -0.496 e. The summed E-state index contributed by atoms with van der Waals surface area (Å²) in [6.45, 7) is 8.76. The molecule has 0 saturated heterocycles. The van der Waals surface area contributed by atoms with Crippen molar-refractivity contribution in [3.8, 4) is 5.75 Å². The van der Waals surface area contributed by atoms with Crippen LogP contribution >= 0.6 is 0 Å². The second-order valence-electron chi connectivity index (χ2n) is 5.20. The predicted molar refractivity (Wildman–Crippen MR) is 67.2 cm³/mol. The fraction of sp³-hybridized carbons (Fsp3) is 0.571. The molecule has 2 heteroatoms. The largest absolute Gasteiger partial charge is 0.496 e. The van der Waals surface area contributed by atoms with E-state index in [9.17, 15) is 0 Å². The molecule has 1 aromatic carbocycles. The number of methoxy groups -OCH3 is 1. The second-order valence-corrected chi connectivity index (χ2v) is 5.20. The molecule has 0 bridgehead atoms. The Kier molecular flexibility index (Phi) is 3.98. The van der Waals surface area contributed by atoms with E-state index in [-0.39, 0.29) is 12.0 Å². The van der Waals surface area contributed by atoms with Gasteiger partial charge >= 0.3 is 0 Å². The van der Waals surface area contributed by atoms with Crippen LogP contribution in [0.3, 0.4) is 0 Å². The van der Waals surface area contributed by atoms with Gasteiger partial charge in [-0.05, 0) is 41.5 Å². The van der Waals surface area contributed by atoms with E-state index in [0.717, 1.165) is 5.75 Å². The van der Waals surface area contributed by atoms with Gasteiger partial charge in [-0.15, -0.1) is 0 Å². The molecule has 0 spiro atoms. The highest BCUT2D eigenvalue weighted by Gasteiger charge is 2.20. The monoisotopic (exact) mass is 222 g/mol. The second kappa shape index (κ2) is 4.88. The van der Waals surface area contributed by atoms with E-state index in [1.807, 2.05) is 0 Å². The highest BCUT2D eigenvalue weighted by molar-refractivity contribution is 5.45. The third-order valence-electron chi connectivity index (χ3n) is 2.85. The maximum Gasteiger partial charge on any atom is 0.122 e. The third kappa shape index (κ3) is 2.76. The van der Waals surface area contributed by atoms with Crippen LogP contribution in [-0.4, -0.2) is 18.8 Å². The lowest BCUT2D eigenvalue weighted by molar-refractivity contribution is 0.299. The van der Waals surface area contributed by atoms with E-state index in [4.69, 9.17) is 9.84 Å². The maximum atomic E-state index is 9.03. The summed E-state index contributed by atoms with van der Waals surface area (Å²) in [7, 11) is 1.70. The lowest BCUT2D eigenvalue weighted by Gasteiger charge is -2.24. The quantitative estimate of drug-likeness (QED) is 0.852. The highest BCUT2D eigenvalue weighted by atomic mass is 16.5. The lowest BCUT2D eigenvalue weighted by atomic mass is 9.84. The van der Waals surface area contributed by atoms with Crippen molar-refractivity contribution in [2.75, 3.05) is 13.7 Å². The number of ether oxygens (including phenoxy) is 1. The molecule has 0 aliphatic heterocycles. The Balaban J connectivity index is 3.29. The van der Waals surface area contributed by atoms with Gasteiger partial charge in [-0.25, -0.2) is 0 Å². The smallest absolute Gasteiger partial charge is 0.122 e. The summed E-state index contributed by atoms with van der Waals surface area (Å²) in [6, 6.07) is 4.22. The number of benzene rings is 1. The van der Waals surface area contributed by atoms with E-state index in [1.54, 1.807) is 7.11 Å². The Bertz CT molecular complexity index is 362. The Hall–Kier alpha value is -1.02. The van der Waals surface area contributed by atoms with Crippen molar-refractivity contribution in [2.24, 2.45) is 0 Å². The molecule has 0 aliphatic carbocycles. The zero-order chi connectivity index (χ0) is 12.3. The molecule has 0 fully saturated rings. The summed E-state index contributed by atoms with van der Waals surface area (Å²) in [5, 5.41) is 9.03. The standard InChI is InChI=1S/C14H22O2/c1-10-8-13(16-5)12(14(2,3)4)9-11(10)6-7-15/h8-9,15H,6-7H2,1-5H3. The summed E-state index contributed by atoms with van der Waals surface area (Å²) in [6.07, 6.45) is 0.707. The first kappa shape index (κ1) is 13.0. The van der Waals surface area contributed by atoms with Crippen molar-refractivity contribution >= 4 is 0 Å². The SMILES string of the molecule is COc1cc(C)c(CCO)cc1C(C)(C)C. The molecule has 0 heterocycles. The van der Waals surface area contributed by atoms with Crippen LogP contribution in [0.1, 0.15) is 37.5 Å². The van der Waals surface area contributed by atoms with Gasteiger partial charge in [0.25, 0.3) is 0 Å². The number of rotatable bonds is 3. The van der Waals surface area contributed by atoms with Crippen LogP contribution in [0, 0.1) is 6.92 Å². The minimum absolute atomic E-state index is 0.0588. The molecule has 1 rings (SSSR count). The summed E-state index contributed by atoms with van der Waals surface area (Å²) in [5.41, 5.74) is 3.64. The molecule has 1 N–H and O–H groups in total. The van der Waals surface area contributed by atoms with Gasteiger partial charge in [-0.2, -0.15) is 0 Å². The van der Waals surface area contributed by atoms with Crippen LogP contribution in [0.4, 0.5) is 0 Å². The van der Waals surface area contributed by atoms with Gasteiger partial charge in [0.15, 0.2) is 0 Å². The molecule has 0 atom stereocenters. The molecule has 2 nitrogen and oxygen atoms in total. The molecular formula is C14H22O2. The Morgan fingerprint density at radius 2 is 1.88 bits per heavy atom. The number of hydrogen-bond acceptors (Lipinski definition) is 2. The van der Waals surface area contributed by atoms with Gasteiger partial charge in [0.05, 0.1) is 7.11 Å². The third-order valence-corrected chi connectivity index (χ3v) is 2.85. The van der Waals surface area contributed by atoms with E-state index in [0.29, 0.717) is 6.42 Å². The summed E-state index contributed by atoms with van der Waals surface area (Å²) < 4.78 is 5.42. The van der Waals surface area contributed by atoms with Crippen molar-refractivity contribution in [3.05, 3.63) is 28.8 Å². The molecular weight excluding hydrogens is 200 g/mol. The molecule has 0 aliphatic rings. The predicted octanol–water partition coefficient (Wildman–Crippen LogP) is 2.84. The van der Waals surface area contributed by atoms with Crippen molar-refractivity contribution < 1.29 is 9.84 Å².